The molecule has 0 fully saturated rings. The Bertz CT molecular complexity index is 714. The molecule has 0 aliphatic rings. The van der Waals surface area contributed by atoms with Crippen molar-refractivity contribution in [2.45, 2.75) is 13.5 Å². The Kier molecular flexibility index (Phi) is 3.75. The van der Waals surface area contributed by atoms with E-state index in [1.807, 2.05) is 12.4 Å². The average molecular weight is 262 g/mol. The van der Waals surface area contributed by atoms with Gasteiger partial charge in [-0.15, -0.1) is 0 Å². The van der Waals surface area contributed by atoms with E-state index in [9.17, 15) is 0 Å². The number of fused-ring (bicyclic) bond motifs is 1. The van der Waals surface area contributed by atoms with Crippen molar-refractivity contribution in [3.8, 4) is 11.1 Å². The molecule has 2 nitrogen and oxygen atoms in total. The van der Waals surface area contributed by atoms with Gasteiger partial charge in [0.05, 0.1) is 0 Å². The molecule has 0 unspecified atom stereocenters. The average Bonchev–Trinajstić information content (AvgIpc) is 2.52. The smallest absolute Gasteiger partial charge is 0.0352 e. The molecule has 3 rings (SSSR count). The van der Waals surface area contributed by atoms with E-state index >= 15 is 0 Å². The van der Waals surface area contributed by atoms with E-state index in [2.05, 4.69) is 65.8 Å². The number of nitrogens with zero attached hydrogens (tertiary/aromatic N) is 1. The summed E-state index contributed by atoms with van der Waals surface area (Å²) in [4.78, 5) is 4.26. The van der Waals surface area contributed by atoms with Crippen molar-refractivity contribution >= 4 is 10.8 Å². The Morgan fingerprint density at radius 3 is 2.85 bits per heavy atom. The van der Waals surface area contributed by atoms with Gasteiger partial charge in [-0.3, -0.25) is 4.98 Å². The zero-order chi connectivity index (χ0) is 13.8. The third kappa shape index (κ3) is 2.56. The van der Waals surface area contributed by atoms with Gasteiger partial charge in [0.15, 0.2) is 0 Å². The minimum absolute atomic E-state index is 0.910. The number of hydrogen-bond donors (Lipinski definition) is 1. The van der Waals surface area contributed by atoms with Crippen molar-refractivity contribution in [3.05, 3.63) is 66.5 Å². The van der Waals surface area contributed by atoms with Gasteiger partial charge in [-0.05, 0) is 40.8 Å². The molecule has 20 heavy (non-hydrogen) atoms. The molecule has 1 heterocycles. The summed E-state index contributed by atoms with van der Waals surface area (Å²) in [6.07, 6.45) is 3.79. The third-order valence-corrected chi connectivity index (χ3v) is 3.50. The third-order valence-electron chi connectivity index (χ3n) is 3.50. The van der Waals surface area contributed by atoms with Crippen LogP contribution < -0.4 is 5.32 Å². The Labute approximate surface area is 119 Å². The minimum atomic E-state index is 0.910. The maximum absolute atomic E-state index is 4.26. The summed E-state index contributed by atoms with van der Waals surface area (Å²) in [5, 5.41) is 5.80. The molecule has 0 aliphatic heterocycles. The first kappa shape index (κ1) is 12.8. The fraction of sp³-hybridized carbons (Fsp3) is 0.167. The number of hydrogen-bond acceptors (Lipinski definition) is 2. The highest BCUT2D eigenvalue weighted by molar-refractivity contribution is 5.96. The van der Waals surface area contributed by atoms with Crippen molar-refractivity contribution in [2.75, 3.05) is 6.54 Å². The predicted octanol–water partition coefficient (Wildman–Crippen LogP) is 4.01. The molecule has 1 aromatic heterocycles. The van der Waals surface area contributed by atoms with Crippen LogP contribution in [0.3, 0.4) is 0 Å². The van der Waals surface area contributed by atoms with Crippen LogP contribution in [-0.2, 0) is 6.54 Å². The molecule has 2 heteroatoms. The van der Waals surface area contributed by atoms with E-state index in [1.165, 1.54) is 27.5 Å². The van der Waals surface area contributed by atoms with Crippen molar-refractivity contribution in [3.63, 3.8) is 0 Å². The molecule has 0 saturated carbocycles. The lowest BCUT2D eigenvalue weighted by Gasteiger charge is -2.09. The van der Waals surface area contributed by atoms with Crippen molar-refractivity contribution in [1.29, 1.82) is 0 Å². The van der Waals surface area contributed by atoms with E-state index in [1.54, 1.807) is 0 Å². The minimum Gasteiger partial charge on any atom is -0.313 e. The summed E-state index contributed by atoms with van der Waals surface area (Å²) in [7, 11) is 0. The normalized spacial score (nSPS) is 10.8. The highest BCUT2D eigenvalue weighted by Gasteiger charge is 2.04. The zero-order valence-corrected chi connectivity index (χ0v) is 11.6. The maximum atomic E-state index is 4.26. The van der Waals surface area contributed by atoms with E-state index < -0.39 is 0 Å². The van der Waals surface area contributed by atoms with Crippen LogP contribution in [-0.4, -0.2) is 11.5 Å². The molecular weight excluding hydrogens is 244 g/mol. The Morgan fingerprint density at radius 2 is 1.95 bits per heavy atom. The quantitative estimate of drug-likeness (QED) is 0.768. The molecule has 0 spiro atoms. The van der Waals surface area contributed by atoms with Crippen LogP contribution in [0.4, 0.5) is 0 Å². The van der Waals surface area contributed by atoms with E-state index in [0.717, 1.165) is 13.1 Å². The topological polar surface area (TPSA) is 24.9 Å². The second-order valence-electron chi connectivity index (χ2n) is 4.88. The molecule has 2 aromatic carbocycles. The monoisotopic (exact) mass is 262 g/mol. The van der Waals surface area contributed by atoms with Crippen LogP contribution in [0.5, 0.6) is 0 Å². The second-order valence-corrected chi connectivity index (χ2v) is 4.88. The molecule has 0 atom stereocenters. The zero-order valence-electron chi connectivity index (χ0n) is 11.6. The van der Waals surface area contributed by atoms with Gasteiger partial charge in [0.1, 0.15) is 0 Å². The van der Waals surface area contributed by atoms with Gasteiger partial charge in [-0.1, -0.05) is 43.3 Å². The van der Waals surface area contributed by atoms with Gasteiger partial charge in [-0.25, -0.2) is 0 Å². The van der Waals surface area contributed by atoms with E-state index in [0.29, 0.717) is 0 Å². The fourth-order valence-electron chi connectivity index (χ4n) is 2.48. The molecule has 3 aromatic rings. The Balaban J connectivity index is 2.06. The lowest BCUT2D eigenvalue weighted by atomic mass is 9.98. The van der Waals surface area contributed by atoms with E-state index in [-0.39, 0.29) is 0 Å². The van der Waals surface area contributed by atoms with Crippen LogP contribution in [0.15, 0.2) is 60.9 Å². The molecule has 100 valence electrons. The van der Waals surface area contributed by atoms with Crippen LogP contribution in [0, 0.1) is 0 Å². The summed E-state index contributed by atoms with van der Waals surface area (Å²) < 4.78 is 0. The van der Waals surface area contributed by atoms with Gasteiger partial charge >= 0.3 is 0 Å². The van der Waals surface area contributed by atoms with Gasteiger partial charge in [-0.2, -0.15) is 0 Å². The first-order valence-electron chi connectivity index (χ1n) is 7.01. The molecular formula is C18H18N2. The molecule has 1 N–H and O–H groups in total. The summed E-state index contributed by atoms with van der Waals surface area (Å²) >= 11 is 0. The molecule has 0 saturated heterocycles. The van der Waals surface area contributed by atoms with E-state index in [4.69, 9.17) is 0 Å². The first-order chi connectivity index (χ1) is 9.88. The number of aromatic nitrogens is 1. The maximum Gasteiger partial charge on any atom is 0.0352 e. The van der Waals surface area contributed by atoms with Crippen molar-refractivity contribution < 1.29 is 0 Å². The van der Waals surface area contributed by atoms with Crippen molar-refractivity contribution in [2.24, 2.45) is 0 Å². The SMILES string of the molecule is CCNCc1cccc(-c2cccc3ccncc23)c1. The second kappa shape index (κ2) is 5.85. The number of nitrogens with one attached hydrogen (secondary N) is 1. The van der Waals surface area contributed by atoms with Crippen molar-refractivity contribution in [1.82, 2.24) is 10.3 Å². The molecule has 0 bridgehead atoms. The fourth-order valence-corrected chi connectivity index (χ4v) is 2.48. The lowest BCUT2D eigenvalue weighted by Crippen LogP contribution is -2.11. The highest BCUT2D eigenvalue weighted by atomic mass is 14.8. The molecule has 0 aliphatic carbocycles. The van der Waals surface area contributed by atoms with Gasteiger partial charge in [0, 0.05) is 24.3 Å². The Hall–Kier alpha value is -2.19. The largest absolute Gasteiger partial charge is 0.313 e. The lowest BCUT2D eigenvalue weighted by molar-refractivity contribution is 0.727. The summed E-state index contributed by atoms with van der Waals surface area (Å²) in [6.45, 7) is 4.02. The highest BCUT2D eigenvalue weighted by Crippen LogP contribution is 2.28. The summed E-state index contributed by atoms with van der Waals surface area (Å²) in [6, 6.07) is 17.2. The number of pyridine rings is 1. The Morgan fingerprint density at radius 1 is 1.05 bits per heavy atom. The van der Waals surface area contributed by atoms with Crippen LogP contribution in [0.1, 0.15) is 12.5 Å². The summed E-state index contributed by atoms with van der Waals surface area (Å²) in [5.41, 5.74) is 3.80. The van der Waals surface area contributed by atoms with Crippen LogP contribution in [0.2, 0.25) is 0 Å². The number of rotatable bonds is 4. The summed E-state index contributed by atoms with van der Waals surface area (Å²) in [5.74, 6) is 0. The molecule has 0 amide bonds. The van der Waals surface area contributed by atoms with Gasteiger partial charge in [0.25, 0.3) is 0 Å². The standard InChI is InChI=1S/C18H18N2/c1-2-19-12-14-5-3-7-16(11-14)17-8-4-6-15-9-10-20-13-18(15)17/h3-11,13,19H,2,12H2,1H3. The van der Waals surface area contributed by atoms with Gasteiger partial charge in [0.2, 0.25) is 0 Å². The van der Waals surface area contributed by atoms with Crippen LogP contribution in [0.25, 0.3) is 21.9 Å². The first-order valence-corrected chi connectivity index (χ1v) is 7.01. The predicted molar refractivity (Wildman–Crippen MR) is 84.6 cm³/mol. The molecule has 0 radical (unpaired) electrons. The van der Waals surface area contributed by atoms with Crippen LogP contribution >= 0.6 is 0 Å². The number of benzene rings is 2. The van der Waals surface area contributed by atoms with Gasteiger partial charge < -0.3 is 5.32 Å².